The van der Waals surface area contributed by atoms with E-state index in [1.807, 2.05) is 40.8 Å². The fourth-order valence-corrected chi connectivity index (χ4v) is 2.35. The first-order chi connectivity index (χ1) is 9.72. The highest BCUT2D eigenvalue weighted by Gasteiger charge is 2.03. The Labute approximate surface area is 125 Å². The van der Waals surface area contributed by atoms with Gasteiger partial charge in [-0.25, -0.2) is 9.97 Å². The molecule has 0 bridgehead atoms. The molecule has 0 atom stereocenters. The van der Waals surface area contributed by atoms with E-state index in [1.54, 1.807) is 6.20 Å². The van der Waals surface area contributed by atoms with Crippen molar-refractivity contribution in [3.05, 3.63) is 46.8 Å². The number of hydrogen-bond acceptors (Lipinski definition) is 4. The van der Waals surface area contributed by atoms with Gasteiger partial charge in [0.2, 0.25) is 0 Å². The van der Waals surface area contributed by atoms with Crippen LogP contribution in [-0.2, 0) is 13.1 Å². The molecule has 0 aromatic carbocycles. The SMILES string of the molecule is Cc1cnn(CCNCc2cnc3cnc(Br)cn23)c1. The molecule has 0 aliphatic heterocycles. The van der Waals surface area contributed by atoms with Crippen molar-refractivity contribution in [3.63, 3.8) is 0 Å². The Balaban J connectivity index is 1.58. The van der Waals surface area contributed by atoms with Gasteiger partial charge in [-0.1, -0.05) is 0 Å². The molecule has 20 heavy (non-hydrogen) atoms. The Bertz CT molecular complexity index is 717. The van der Waals surface area contributed by atoms with Crippen LogP contribution in [0, 0.1) is 6.92 Å². The van der Waals surface area contributed by atoms with Gasteiger partial charge in [-0.15, -0.1) is 0 Å². The third kappa shape index (κ3) is 2.88. The molecule has 0 saturated heterocycles. The standard InChI is InChI=1S/C13H15BrN6/c1-10-4-18-19(8-10)3-2-15-5-11-6-17-13-7-16-12(14)9-20(11)13/h4,6-9,15H,2-3,5H2,1H3. The van der Waals surface area contributed by atoms with Crippen LogP contribution >= 0.6 is 15.9 Å². The number of imidazole rings is 1. The van der Waals surface area contributed by atoms with Crippen LogP contribution in [0.3, 0.4) is 0 Å². The first-order valence-corrected chi connectivity index (χ1v) is 7.19. The Hall–Kier alpha value is -1.73. The number of rotatable bonds is 5. The van der Waals surface area contributed by atoms with Crippen LogP contribution in [0.4, 0.5) is 0 Å². The zero-order valence-corrected chi connectivity index (χ0v) is 12.7. The third-order valence-corrected chi connectivity index (χ3v) is 3.44. The summed E-state index contributed by atoms with van der Waals surface area (Å²) in [5.41, 5.74) is 3.15. The summed E-state index contributed by atoms with van der Waals surface area (Å²) >= 11 is 3.37. The summed E-state index contributed by atoms with van der Waals surface area (Å²) in [6, 6.07) is 0. The largest absolute Gasteiger partial charge is 0.309 e. The molecule has 0 aliphatic rings. The molecule has 1 N–H and O–H groups in total. The summed E-state index contributed by atoms with van der Waals surface area (Å²) in [6.07, 6.45) is 9.46. The summed E-state index contributed by atoms with van der Waals surface area (Å²) in [5, 5.41) is 7.66. The average Bonchev–Trinajstić information content (AvgIpc) is 3.01. The fourth-order valence-electron chi connectivity index (χ4n) is 2.05. The van der Waals surface area contributed by atoms with Crippen molar-refractivity contribution >= 4 is 21.6 Å². The maximum Gasteiger partial charge on any atom is 0.155 e. The Morgan fingerprint density at radius 2 is 2.10 bits per heavy atom. The van der Waals surface area contributed by atoms with Crippen LogP contribution < -0.4 is 5.32 Å². The topological polar surface area (TPSA) is 60.0 Å². The highest BCUT2D eigenvalue weighted by Crippen LogP contribution is 2.10. The normalized spacial score (nSPS) is 11.3. The summed E-state index contributed by atoms with van der Waals surface area (Å²) in [5.74, 6) is 0. The van der Waals surface area contributed by atoms with E-state index in [9.17, 15) is 0 Å². The predicted octanol–water partition coefficient (Wildman–Crippen LogP) is 1.79. The second-order valence-electron chi connectivity index (χ2n) is 4.65. The van der Waals surface area contributed by atoms with Gasteiger partial charge in [0.05, 0.1) is 30.8 Å². The number of hydrogen-bond donors (Lipinski definition) is 1. The molecule has 0 unspecified atom stereocenters. The fraction of sp³-hybridized carbons (Fsp3) is 0.308. The van der Waals surface area contributed by atoms with Crippen molar-refractivity contribution in [2.45, 2.75) is 20.0 Å². The molecule has 0 fully saturated rings. The van der Waals surface area contributed by atoms with Crippen molar-refractivity contribution in [3.8, 4) is 0 Å². The van der Waals surface area contributed by atoms with Gasteiger partial charge in [0, 0.05) is 25.5 Å². The molecule has 0 spiro atoms. The molecular weight excluding hydrogens is 320 g/mol. The summed E-state index contributed by atoms with van der Waals surface area (Å²) in [6.45, 7) is 4.52. The molecule has 3 aromatic heterocycles. The lowest BCUT2D eigenvalue weighted by Gasteiger charge is -2.05. The van der Waals surface area contributed by atoms with Crippen LogP contribution in [0.25, 0.3) is 5.65 Å². The molecule has 3 aromatic rings. The number of aromatic nitrogens is 5. The lowest BCUT2D eigenvalue weighted by molar-refractivity contribution is 0.550. The van der Waals surface area contributed by atoms with Crippen LogP contribution in [-0.4, -0.2) is 30.7 Å². The number of nitrogens with one attached hydrogen (secondary N) is 1. The predicted molar refractivity (Wildman–Crippen MR) is 79.4 cm³/mol. The minimum atomic E-state index is 0.762. The molecule has 0 aliphatic carbocycles. The monoisotopic (exact) mass is 334 g/mol. The van der Waals surface area contributed by atoms with Gasteiger partial charge >= 0.3 is 0 Å². The zero-order valence-electron chi connectivity index (χ0n) is 11.1. The maximum absolute atomic E-state index is 4.32. The zero-order chi connectivity index (χ0) is 13.9. The second-order valence-corrected chi connectivity index (χ2v) is 5.46. The van der Waals surface area contributed by atoms with E-state index in [0.29, 0.717) is 0 Å². The molecule has 0 amide bonds. The molecule has 104 valence electrons. The van der Waals surface area contributed by atoms with E-state index < -0.39 is 0 Å². The van der Waals surface area contributed by atoms with E-state index >= 15 is 0 Å². The molecule has 3 rings (SSSR count). The van der Waals surface area contributed by atoms with Gasteiger partial charge in [-0.05, 0) is 28.4 Å². The number of nitrogens with zero attached hydrogens (tertiary/aromatic N) is 5. The van der Waals surface area contributed by atoms with Crippen LogP contribution in [0.2, 0.25) is 0 Å². The van der Waals surface area contributed by atoms with Gasteiger partial charge < -0.3 is 5.32 Å². The van der Waals surface area contributed by atoms with Gasteiger partial charge in [-0.3, -0.25) is 9.08 Å². The maximum atomic E-state index is 4.32. The van der Waals surface area contributed by atoms with Gasteiger partial charge in [0.25, 0.3) is 0 Å². The van der Waals surface area contributed by atoms with Gasteiger partial charge in [-0.2, -0.15) is 5.10 Å². The van der Waals surface area contributed by atoms with Crippen LogP contribution in [0.15, 0.2) is 35.6 Å². The van der Waals surface area contributed by atoms with Gasteiger partial charge in [0.15, 0.2) is 5.65 Å². The van der Waals surface area contributed by atoms with Crippen molar-refractivity contribution in [1.29, 1.82) is 0 Å². The third-order valence-electron chi connectivity index (χ3n) is 3.03. The van der Waals surface area contributed by atoms with E-state index in [0.717, 1.165) is 35.6 Å². The van der Waals surface area contributed by atoms with E-state index in [2.05, 4.69) is 36.3 Å². The average molecular weight is 335 g/mol. The summed E-state index contributed by atoms with van der Waals surface area (Å²) < 4.78 is 4.77. The lowest BCUT2D eigenvalue weighted by atomic mass is 10.4. The molecule has 3 heterocycles. The van der Waals surface area contributed by atoms with Crippen molar-refractivity contribution in [1.82, 2.24) is 29.5 Å². The van der Waals surface area contributed by atoms with Gasteiger partial charge in [0.1, 0.15) is 4.60 Å². The van der Waals surface area contributed by atoms with Crippen molar-refractivity contribution in [2.24, 2.45) is 0 Å². The van der Waals surface area contributed by atoms with E-state index in [1.165, 1.54) is 5.56 Å². The quantitative estimate of drug-likeness (QED) is 0.722. The highest BCUT2D eigenvalue weighted by molar-refractivity contribution is 9.10. The summed E-state index contributed by atoms with van der Waals surface area (Å²) in [7, 11) is 0. The first-order valence-electron chi connectivity index (χ1n) is 6.39. The smallest absolute Gasteiger partial charge is 0.155 e. The minimum absolute atomic E-state index is 0.762. The van der Waals surface area contributed by atoms with Crippen LogP contribution in [0.1, 0.15) is 11.3 Å². The molecule has 6 nitrogen and oxygen atoms in total. The highest BCUT2D eigenvalue weighted by atomic mass is 79.9. The first kappa shape index (κ1) is 13.3. The molecule has 0 radical (unpaired) electrons. The number of aryl methyl sites for hydroxylation is 1. The molecule has 7 heteroatoms. The Morgan fingerprint density at radius 3 is 2.90 bits per heavy atom. The molecule has 0 saturated carbocycles. The lowest BCUT2D eigenvalue weighted by Crippen LogP contribution is -2.20. The van der Waals surface area contributed by atoms with Crippen molar-refractivity contribution in [2.75, 3.05) is 6.54 Å². The van der Waals surface area contributed by atoms with Crippen molar-refractivity contribution < 1.29 is 0 Å². The number of halogens is 1. The van der Waals surface area contributed by atoms with E-state index in [4.69, 9.17) is 0 Å². The minimum Gasteiger partial charge on any atom is -0.309 e. The Kier molecular flexibility index (Phi) is 3.79. The summed E-state index contributed by atoms with van der Waals surface area (Å²) in [4.78, 5) is 8.48. The molecular formula is C13H15BrN6. The second kappa shape index (κ2) is 5.72. The number of fused-ring (bicyclic) bond motifs is 1. The Morgan fingerprint density at radius 1 is 1.20 bits per heavy atom. The van der Waals surface area contributed by atoms with Crippen LogP contribution in [0.5, 0.6) is 0 Å². The van der Waals surface area contributed by atoms with E-state index in [-0.39, 0.29) is 0 Å².